The van der Waals surface area contributed by atoms with Crippen molar-refractivity contribution in [3.8, 4) is 5.75 Å². The predicted molar refractivity (Wildman–Crippen MR) is 147 cm³/mol. The monoisotopic (exact) mass is 544 g/mol. The Labute approximate surface area is 229 Å². The number of carbonyl (C=O) groups is 1. The normalized spacial score (nSPS) is 27.9. The molecule has 3 N–H and O–H groups in total. The first-order valence-corrected chi connectivity index (χ1v) is 13.9. The molecule has 0 spiro atoms. The average molecular weight is 545 g/mol. The third kappa shape index (κ3) is 5.02. The highest BCUT2D eigenvalue weighted by atomic mass is 35.5. The number of halogens is 2. The van der Waals surface area contributed by atoms with Gasteiger partial charge in [-0.1, -0.05) is 25.4 Å². The minimum absolute atomic E-state index is 0.0203. The van der Waals surface area contributed by atoms with Crippen LogP contribution in [0.1, 0.15) is 46.5 Å². The van der Waals surface area contributed by atoms with E-state index in [-0.39, 0.29) is 34.9 Å². The second kappa shape index (κ2) is 10.5. The van der Waals surface area contributed by atoms with E-state index in [1.165, 1.54) is 25.1 Å². The minimum atomic E-state index is -0.534. The van der Waals surface area contributed by atoms with Gasteiger partial charge in [-0.2, -0.15) is 4.98 Å². The molecule has 3 aliphatic carbocycles. The van der Waals surface area contributed by atoms with Gasteiger partial charge in [0.25, 0.3) is 0 Å². The van der Waals surface area contributed by atoms with Gasteiger partial charge in [-0.15, -0.1) is 0 Å². The highest BCUT2D eigenvalue weighted by Crippen LogP contribution is 2.65. The first-order chi connectivity index (χ1) is 18.1. The van der Waals surface area contributed by atoms with Gasteiger partial charge >= 0.3 is 0 Å². The molecule has 0 radical (unpaired) electrons. The molecular formula is C28H38ClFN6O2. The fraction of sp³-hybridized carbons (Fsp3) is 0.607. The third-order valence-corrected chi connectivity index (χ3v) is 9.46. The highest BCUT2D eigenvalue weighted by Gasteiger charge is 2.64. The number of nitrogens with one attached hydrogen (secondary N) is 3. The van der Waals surface area contributed by atoms with Crippen LogP contribution >= 0.6 is 11.6 Å². The molecular weight excluding hydrogens is 507 g/mol. The first-order valence-electron chi connectivity index (χ1n) is 13.6. The van der Waals surface area contributed by atoms with E-state index in [1.807, 2.05) is 0 Å². The summed E-state index contributed by atoms with van der Waals surface area (Å²) in [4.78, 5) is 24.1. The lowest BCUT2D eigenvalue weighted by atomic mass is 9.40. The van der Waals surface area contributed by atoms with Gasteiger partial charge in [0, 0.05) is 25.3 Å². The Morgan fingerprint density at radius 1 is 1.24 bits per heavy atom. The van der Waals surface area contributed by atoms with E-state index in [1.54, 1.807) is 19.2 Å². The van der Waals surface area contributed by atoms with Crippen LogP contribution in [0.5, 0.6) is 5.75 Å². The van der Waals surface area contributed by atoms with Crippen molar-refractivity contribution in [3.63, 3.8) is 0 Å². The summed E-state index contributed by atoms with van der Waals surface area (Å²) in [6.45, 7) is 10.1. The van der Waals surface area contributed by atoms with Crippen LogP contribution in [0.2, 0.25) is 5.02 Å². The van der Waals surface area contributed by atoms with Gasteiger partial charge < -0.3 is 20.7 Å². The molecule has 1 saturated heterocycles. The van der Waals surface area contributed by atoms with E-state index < -0.39 is 11.4 Å². The van der Waals surface area contributed by atoms with E-state index in [0.717, 1.165) is 32.5 Å². The van der Waals surface area contributed by atoms with Gasteiger partial charge in [0.15, 0.2) is 17.4 Å². The summed E-state index contributed by atoms with van der Waals surface area (Å²) in [5.41, 5.74) is 0.0777. The summed E-state index contributed by atoms with van der Waals surface area (Å²) in [7, 11) is 1.68. The second-order valence-corrected chi connectivity index (χ2v) is 12.1. The average Bonchev–Trinajstić information content (AvgIpc) is 3.40. The summed E-state index contributed by atoms with van der Waals surface area (Å²) in [5.74, 6) is 1.11. The molecule has 1 unspecified atom stereocenters. The number of fused-ring (bicyclic) bond motifs is 2. The van der Waals surface area contributed by atoms with Crippen LogP contribution in [-0.4, -0.2) is 59.6 Å². The minimum Gasteiger partial charge on any atom is -0.489 e. The molecule has 4 fully saturated rings. The molecule has 1 amide bonds. The molecule has 38 heavy (non-hydrogen) atoms. The molecule has 4 aliphatic rings. The zero-order chi connectivity index (χ0) is 27.1. The van der Waals surface area contributed by atoms with Crippen molar-refractivity contribution in [2.24, 2.45) is 23.2 Å². The number of rotatable bonds is 9. The van der Waals surface area contributed by atoms with Crippen LogP contribution in [0.15, 0.2) is 24.4 Å². The molecule has 6 rings (SSSR count). The maximum absolute atomic E-state index is 14.7. The molecule has 3 saturated carbocycles. The van der Waals surface area contributed by atoms with E-state index in [0.29, 0.717) is 29.1 Å². The SMILES string of the molecule is CNC(=O)[C@@H]1C[C@@H]2CC(C2(C)C)[C@]1(C)Nc1nc(Nc2ccc(OCCN3CCCC3)c(F)c2)ncc1Cl. The number of anilines is 3. The second-order valence-electron chi connectivity index (χ2n) is 11.7. The van der Waals surface area contributed by atoms with Gasteiger partial charge in [-0.25, -0.2) is 9.37 Å². The number of aromatic nitrogens is 2. The zero-order valence-corrected chi connectivity index (χ0v) is 23.4. The molecule has 1 aromatic carbocycles. The van der Waals surface area contributed by atoms with Gasteiger partial charge in [0.2, 0.25) is 11.9 Å². The number of hydrogen-bond donors (Lipinski definition) is 3. The number of hydrogen-bond acceptors (Lipinski definition) is 7. The molecule has 4 atom stereocenters. The summed E-state index contributed by atoms with van der Waals surface area (Å²) >= 11 is 6.52. The molecule has 8 nitrogen and oxygen atoms in total. The van der Waals surface area contributed by atoms with Crippen LogP contribution in [-0.2, 0) is 4.79 Å². The first kappa shape index (κ1) is 26.9. The van der Waals surface area contributed by atoms with E-state index in [9.17, 15) is 9.18 Å². The number of likely N-dealkylation sites (tertiary alicyclic amines) is 1. The number of benzene rings is 1. The van der Waals surface area contributed by atoms with Crippen LogP contribution in [0.4, 0.5) is 21.8 Å². The maximum Gasteiger partial charge on any atom is 0.229 e. The molecule has 2 heterocycles. The lowest BCUT2D eigenvalue weighted by molar-refractivity contribution is -0.155. The fourth-order valence-corrected chi connectivity index (χ4v) is 6.96. The maximum atomic E-state index is 14.7. The molecule has 10 heteroatoms. The Hall–Kier alpha value is -2.65. The predicted octanol–water partition coefficient (Wildman–Crippen LogP) is 5.09. The summed E-state index contributed by atoms with van der Waals surface area (Å²) in [6.07, 6.45) is 5.81. The van der Waals surface area contributed by atoms with Crippen molar-refractivity contribution in [1.82, 2.24) is 20.2 Å². The highest BCUT2D eigenvalue weighted by molar-refractivity contribution is 6.32. The zero-order valence-electron chi connectivity index (χ0n) is 22.6. The molecule has 2 aromatic rings. The summed E-state index contributed by atoms with van der Waals surface area (Å²) in [6, 6.07) is 4.72. The number of ether oxygens (including phenoxy) is 1. The van der Waals surface area contributed by atoms with Crippen LogP contribution in [0.25, 0.3) is 0 Å². The lowest BCUT2D eigenvalue weighted by Gasteiger charge is -2.66. The lowest BCUT2D eigenvalue weighted by Crippen LogP contribution is -2.69. The Morgan fingerprint density at radius 3 is 2.68 bits per heavy atom. The van der Waals surface area contributed by atoms with Gasteiger partial charge in [-0.3, -0.25) is 9.69 Å². The molecule has 1 aromatic heterocycles. The smallest absolute Gasteiger partial charge is 0.229 e. The fourth-order valence-electron chi connectivity index (χ4n) is 6.82. The van der Waals surface area contributed by atoms with Crippen molar-refractivity contribution in [1.29, 1.82) is 0 Å². The number of nitrogens with zero attached hydrogens (tertiary/aromatic N) is 3. The molecule has 1 aliphatic heterocycles. The summed E-state index contributed by atoms with van der Waals surface area (Å²) < 4.78 is 20.4. The largest absolute Gasteiger partial charge is 0.489 e. The van der Waals surface area contributed by atoms with Crippen molar-refractivity contribution >= 4 is 35.0 Å². The van der Waals surface area contributed by atoms with E-state index >= 15 is 0 Å². The van der Waals surface area contributed by atoms with E-state index in [2.05, 4.69) is 51.6 Å². The van der Waals surface area contributed by atoms with Gasteiger partial charge in [0.1, 0.15) is 11.6 Å². The van der Waals surface area contributed by atoms with Crippen LogP contribution in [0.3, 0.4) is 0 Å². The number of carbonyl (C=O) groups excluding carboxylic acids is 1. The van der Waals surface area contributed by atoms with Gasteiger partial charge in [0.05, 0.1) is 17.7 Å². The Morgan fingerprint density at radius 2 is 2.00 bits per heavy atom. The molecule has 2 bridgehead atoms. The van der Waals surface area contributed by atoms with Gasteiger partial charge in [-0.05, 0) is 75.1 Å². The summed E-state index contributed by atoms with van der Waals surface area (Å²) in [5, 5.41) is 9.81. The standard InChI is InChI=1S/C28H38ClFN6O2/c1-27(2)17-13-19(25(37)31-4)28(3,23(27)14-17)35-24-20(29)16-32-26(34-24)33-18-7-8-22(21(30)15-18)38-12-11-36-9-5-6-10-36/h7-8,15-17,19,23H,5-6,9-14H2,1-4H3,(H,31,37)(H2,32,33,34,35)/t17-,19+,23?,28-/m1/s1. The van der Waals surface area contributed by atoms with Crippen molar-refractivity contribution in [3.05, 3.63) is 35.2 Å². The number of amides is 1. The van der Waals surface area contributed by atoms with Crippen molar-refractivity contribution < 1.29 is 13.9 Å². The Bertz CT molecular complexity index is 1190. The molecule has 206 valence electrons. The van der Waals surface area contributed by atoms with Crippen molar-refractivity contribution in [2.75, 3.05) is 43.9 Å². The quantitative estimate of drug-likeness (QED) is 0.405. The Kier molecular flexibility index (Phi) is 7.44. The Balaban J connectivity index is 1.29. The van der Waals surface area contributed by atoms with E-state index in [4.69, 9.17) is 16.3 Å². The third-order valence-electron chi connectivity index (χ3n) is 9.19. The van der Waals surface area contributed by atoms with Crippen LogP contribution < -0.4 is 20.7 Å². The van der Waals surface area contributed by atoms with Crippen LogP contribution in [0, 0.1) is 29.0 Å². The van der Waals surface area contributed by atoms with Crippen molar-refractivity contribution in [2.45, 2.75) is 52.0 Å². The topological polar surface area (TPSA) is 91.4 Å².